The third kappa shape index (κ3) is 9.27. The highest BCUT2D eigenvalue weighted by atomic mass is 79.9. The monoisotopic (exact) mass is 942 g/mol. The van der Waals surface area contributed by atoms with Gasteiger partial charge in [0.05, 0.1) is 47.7 Å². The normalized spacial score (nSPS) is 23.0. The number of amides is 1. The van der Waals surface area contributed by atoms with E-state index in [0.29, 0.717) is 43.4 Å². The molecule has 18 heteroatoms. The Morgan fingerprint density at radius 1 is 1.05 bits per heavy atom. The first kappa shape index (κ1) is 43.1. The molecule has 9 rings (SSSR count). The highest BCUT2D eigenvalue weighted by Gasteiger charge is 2.49. The average molecular weight is 944 g/mol. The first-order valence-electron chi connectivity index (χ1n) is 21.5. The molecule has 0 unspecified atom stereocenters. The van der Waals surface area contributed by atoms with Gasteiger partial charge >= 0.3 is 5.69 Å². The Balaban J connectivity index is 0.899. The molecule has 1 amide bonds. The number of anilines is 2. The van der Waals surface area contributed by atoms with Gasteiger partial charge in [-0.05, 0) is 106 Å². The summed E-state index contributed by atoms with van der Waals surface area (Å²) in [7, 11) is -4.63. The summed E-state index contributed by atoms with van der Waals surface area (Å²) in [6.07, 6.45) is 11.2. The van der Waals surface area contributed by atoms with E-state index >= 15 is 0 Å². The molecular formula is C45H51BrN8O8S. The van der Waals surface area contributed by atoms with E-state index in [9.17, 15) is 28.4 Å². The van der Waals surface area contributed by atoms with Crippen molar-refractivity contribution in [3.8, 4) is 11.5 Å². The van der Waals surface area contributed by atoms with Crippen LogP contribution in [0.25, 0.3) is 11.0 Å². The fourth-order valence-electron chi connectivity index (χ4n) is 9.81. The molecule has 332 valence electrons. The zero-order chi connectivity index (χ0) is 43.9. The highest BCUT2D eigenvalue weighted by molar-refractivity contribution is 9.10. The number of benzene rings is 2. The molecule has 5 heterocycles. The summed E-state index contributed by atoms with van der Waals surface area (Å²) in [5.74, 6) is -0.423. The molecule has 4 N–H and O–H groups in total. The van der Waals surface area contributed by atoms with Crippen LogP contribution in [0.1, 0.15) is 80.3 Å². The molecule has 63 heavy (non-hydrogen) atoms. The molecule has 0 radical (unpaired) electrons. The lowest BCUT2D eigenvalue weighted by Crippen LogP contribution is -2.57. The number of aromatic amines is 1. The number of nitro groups is 1. The minimum atomic E-state index is -4.63. The van der Waals surface area contributed by atoms with Crippen LogP contribution in [0, 0.1) is 21.4 Å². The quantitative estimate of drug-likeness (QED) is 0.0700. The molecule has 5 aromatic rings. The summed E-state index contributed by atoms with van der Waals surface area (Å²) in [6.45, 7) is 6.10. The van der Waals surface area contributed by atoms with Gasteiger partial charge in [0.2, 0.25) is 5.82 Å². The van der Waals surface area contributed by atoms with Gasteiger partial charge in [-0.3, -0.25) is 19.8 Å². The summed E-state index contributed by atoms with van der Waals surface area (Å²) >= 11 is 3.76. The van der Waals surface area contributed by atoms with Crippen molar-refractivity contribution in [2.45, 2.75) is 80.9 Å². The van der Waals surface area contributed by atoms with Crippen molar-refractivity contribution in [1.29, 1.82) is 0 Å². The van der Waals surface area contributed by atoms with Crippen LogP contribution in [-0.2, 0) is 14.8 Å². The number of nitrogens with zero attached hydrogens (tertiary/aromatic N) is 5. The van der Waals surface area contributed by atoms with Crippen molar-refractivity contribution < 1.29 is 32.7 Å². The molecule has 0 bridgehead atoms. The summed E-state index contributed by atoms with van der Waals surface area (Å²) in [6, 6.07) is 18.7. The molecule has 3 aromatic heterocycles. The fourth-order valence-corrected chi connectivity index (χ4v) is 11.3. The number of pyridine rings is 2. The SMILES string of the molecule is CC1(O)CCC(CNc2ncc(S(=O)(=O)NC(=O)c3ccc(N4CCC5(CC4)CC(N4CCOC[C@H]4c4ccccc4Br)C5)cc3Oc3cnc4[nH]ccc4c3)cc2[N+](=O)[O-])CC1. The Kier molecular flexibility index (Phi) is 11.9. The van der Waals surface area contributed by atoms with Gasteiger partial charge in [-0.2, -0.15) is 0 Å². The maximum atomic E-state index is 13.9. The van der Waals surface area contributed by atoms with Crippen LogP contribution in [0.3, 0.4) is 0 Å². The number of rotatable bonds is 12. The van der Waals surface area contributed by atoms with Crippen molar-refractivity contribution in [1.82, 2.24) is 24.6 Å². The molecule has 2 aliphatic heterocycles. The number of fused-ring (bicyclic) bond motifs is 1. The van der Waals surface area contributed by atoms with Crippen molar-refractivity contribution in [2.24, 2.45) is 11.3 Å². The second kappa shape index (κ2) is 17.4. The zero-order valence-electron chi connectivity index (χ0n) is 35.0. The van der Waals surface area contributed by atoms with Crippen LogP contribution >= 0.6 is 15.9 Å². The lowest BCUT2D eigenvalue weighted by Gasteiger charge is -2.57. The average Bonchev–Trinajstić information content (AvgIpc) is 3.73. The number of carbonyl (C=O) groups excluding carboxylic acids is 1. The number of halogens is 1. The van der Waals surface area contributed by atoms with Crippen LogP contribution < -0.4 is 19.7 Å². The van der Waals surface area contributed by atoms with E-state index in [0.717, 1.165) is 92.6 Å². The highest BCUT2D eigenvalue weighted by Crippen LogP contribution is 2.53. The number of nitrogens with one attached hydrogen (secondary N) is 3. The van der Waals surface area contributed by atoms with E-state index in [1.807, 2.05) is 12.1 Å². The largest absolute Gasteiger partial charge is 0.455 e. The zero-order valence-corrected chi connectivity index (χ0v) is 37.4. The van der Waals surface area contributed by atoms with E-state index in [-0.39, 0.29) is 34.5 Å². The molecular weight excluding hydrogens is 893 g/mol. The van der Waals surface area contributed by atoms with Crippen molar-refractivity contribution in [3.63, 3.8) is 0 Å². The summed E-state index contributed by atoms with van der Waals surface area (Å²) < 4.78 is 42.8. The van der Waals surface area contributed by atoms with Gasteiger partial charge in [0.25, 0.3) is 15.9 Å². The third-order valence-electron chi connectivity index (χ3n) is 13.6. The number of H-pyrrole nitrogens is 1. The Morgan fingerprint density at radius 2 is 1.83 bits per heavy atom. The van der Waals surface area contributed by atoms with E-state index in [4.69, 9.17) is 9.47 Å². The predicted molar refractivity (Wildman–Crippen MR) is 241 cm³/mol. The van der Waals surface area contributed by atoms with Crippen LogP contribution in [0.4, 0.5) is 17.2 Å². The second-order valence-corrected chi connectivity index (χ2v) is 20.4. The Labute approximate surface area is 374 Å². The number of hydrogen-bond donors (Lipinski definition) is 4. The summed E-state index contributed by atoms with van der Waals surface area (Å²) in [5, 5.41) is 26.2. The van der Waals surface area contributed by atoms with Gasteiger partial charge in [0, 0.05) is 66.1 Å². The predicted octanol–water partition coefficient (Wildman–Crippen LogP) is 7.72. The van der Waals surface area contributed by atoms with Gasteiger partial charge in [-0.1, -0.05) is 34.1 Å². The maximum absolute atomic E-state index is 13.9. The van der Waals surface area contributed by atoms with Crippen molar-refractivity contribution in [2.75, 3.05) is 49.6 Å². The molecule has 2 aliphatic carbocycles. The minimum absolute atomic E-state index is 0.0517. The number of sulfonamides is 1. The van der Waals surface area contributed by atoms with E-state index in [1.54, 1.807) is 37.4 Å². The first-order chi connectivity index (χ1) is 30.2. The minimum Gasteiger partial charge on any atom is -0.455 e. The van der Waals surface area contributed by atoms with Crippen LogP contribution in [0.15, 0.2) is 88.6 Å². The first-order valence-corrected chi connectivity index (χ1v) is 23.8. The molecule has 2 saturated carbocycles. The molecule has 4 aliphatic rings. The molecule has 4 fully saturated rings. The standard InChI is InChI=1S/C45H51BrN8O8S/c1-44(56)11-8-29(9-12-44)25-48-42-38(54(57)58)22-34(27-50-42)63(59,60)51-43(55)36-7-6-31(21-40(36)62-33-20-30-10-15-47-41(30)49-26-33)52-16-13-45(14-17-52)23-32(24-45)53-18-19-61-28-39(53)35-4-2-3-5-37(35)46/h2-7,10,15,20-22,26-27,29,32,39,56H,8-9,11-14,16-19,23-25,28H2,1H3,(H,47,49)(H,48,50)(H,51,55)/t29?,39-,44?/m0/s1. The Bertz CT molecular complexity index is 2620. The fraction of sp³-hybridized carbons (Fsp3) is 0.444. The van der Waals surface area contributed by atoms with Gasteiger partial charge < -0.3 is 29.8 Å². The van der Waals surface area contributed by atoms with Crippen molar-refractivity contribution >= 4 is 60.1 Å². The van der Waals surface area contributed by atoms with Gasteiger partial charge in [-0.25, -0.2) is 23.1 Å². The molecule has 1 spiro atoms. The smallest absolute Gasteiger partial charge is 0.312 e. The number of ether oxygens (including phenoxy) is 2. The third-order valence-corrected chi connectivity index (χ3v) is 15.6. The lowest BCUT2D eigenvalue weighted by molar-refractivity contribution is -0.384. The molecule has 2 saturated heterocycles. The van der Waals surface area contributed by atoms with Crippen LogP contribution in [0.2, 0.25) is 0 Å². The Hall–Kier alpha value is -5.14. The molecule has 2 aromatic carbocycles. The molecule has 1 atom stereocenters. The number of carbonyl (C=O) groups is 1. The number of aliphatic hydroxyl groups is 1. The number of aromatic nitrogens is 3. The summed E-state index contributed by atoms with van der Waals surface area (Å²) in [5.41, 5.74) is 1.68. The Morgan fingerprint density at radius 3 is 2.59 bits per heavy atom. The number of morpholine rings is 1. The van der Waals surface area contributed by atoms with Crippen LogP contribution in [0.5, 0.6) is 11.5 Å². The topological polar surface area (TPSA) is 205 Å². The van der Waals surface area contributed by atoms with E-state index in [1.165, 1.54) is 11.8 Å². The van der Waals surface area contributed by atoms with Gasteiger partial charge in [0.15, 0.2) is 0 Å². The van der Waals surface area contributed by atoms with Crippen LogP contribution in [-0.4, -0.2) is 95.2 Å². The number of piperidine rings is 1. The van der Waals surface area contributed by atoms with Gasteiger partial charge in [-0.15, -0.1) is 0 Å². The van der Waals surface area contributed by atoms with Crippen molar-refractivity contribution in [3.05, 3.63) is 105 Å². The number of hydrogen-bond acceptors (Lipinski definition) is 13. The second-order valence-electron chi connectivity index (χ2n) is 17.8. The summed E-state index contributed by atoms with van der Waals surface area (Å²) in [4.78, 5) is 41.3. The lowest BCUT2D eigenvalue weighted by atomic mass is 9.59. The van der Waals surface area contributed by atoms with Gasteiger partial charge in [0.1, 0.15) is 22.0 Å². The molecule has 16 nitrogen and oxygen atoms in total. The van der Waals surface area contributed by atoms with E-state index < -0.39 is 37.0 Å². The van der Waals surface area contributed by atoms with E-state index in [2.05, 4.69) is 68.9 Å². The maximum Gasteiger partial charge on any atom is 0.312 e.